The molecule has 0 amide bonds. The van der Waals surface area contributed by atoms with Crippen molar-refractivity contribution in [3.63, 3.8) is 0 Å². The fourth-order valence-corrected chi connectivity index (χ4v) is 2.57. The fourth-order valence-electron chi connectivity index (χ4n) is 1.82. The van der Waals surface area contributed by atoms with E-state index >= 15 is 0 Å². The Morgan fingerprint density at radius 3 is 2.90 bits per heavy atom. The molecule has 3 rings (SSSR count). The van der Waals surface area contributed by atoms with Gasteiger partial charge in [0.05, 0.1) is 16.6 Å². The van der Waals surface area contributed by atoms with Crippen LogP contribution < -0.4 is 4.74 Å². The molecule has 2 aromatic heterocycles. The van der Waals surface area contributed by atoms with E-state index in [2.05, 4.69) is 31.0 Å². The molecule has 0 saturated carbocycles. The zero-order chi connectivity index (χ0) is 15.0. The number of fused-ring (bicyclic) bond motifs is 1. The topological polar surface area (TPSA) is 52.8 Å². The van der Waals surface area contributed by atoms with E-state index in [0.717, 1.165) is 4.47 Å². The van der Waals surface area contributed by atoms with Gasteiger partial charge in [-0.1, -0.05) is 39.1 Å². The molecular formula is C13H9BrCl2N4O. The van der Waals surface area contributed by atoms with Crippen molar-refractivity contribution in [3.05, 3.63) is 44.9 Å². The minimum atomic E-state index is 0.164. The second-order valence-corrected chi connectivity index (χ2v) is 5.98. The van der Waals surface area contributed by atoms with Gasteiger partial charge in [-0.15, -0.1) is 0 Å². The molecular weight excluding hydrogens is 379 g/mol. The Balaban J connectivity index is 1.88. The van der Waals surface area contributed by atoms with Crippen molar-refractivity contribution < 1.29 is 4.74 Å². The van der Waals surface area contributed by atoms with Crippen LogP contribution in [0.2, 0.25) is 10.2 Å². The van der Waals surface area contributed by atoms with E-state index in [1.54, 1.807) is 30.1 Å². The van der Waals surface area contributed by atoms with Crippen LogP contribution in [0.25, 0.3) is 11.0 Å². The first-order valence-electron chi connectivity index (χ1n) is 5.96. The highest BCUT2D eigenvalue weighted by Crippen LogP contribution is 2.28. The molecule has 0 aliphatic heterocycles. The van der Waals surface area contributed by atoms with Crippen LogP contribution in [0.3, 0.4) is 0 Å². The van der Waals surface area contributed by atoms with Gasteiger partial charge in [0, 0.05) is 11.5 Å². The van der Waals surface area contributed by atoms with Crippen LogP contribution in [0.4, 0.5) is 0 Å². The SMILES string of the molecule is Cn1ncc2c(Cl)nc(COc3cc(Br)ccc3Cl)nc21. The summed E-state index contributed by atoms with van der Waals surface area (Å²) in [4.78, 5) is 8.59. The summed E-state index contributed by atoms with van der Waals surface area (Å²) in [5.74, 6) is 1.02. The van der Waals surface area contributed by atoms with Gasteiger partial charge in [0.25, 0.3) is 0 Å². The first-order valence-corrected chi connectivity index (χ1v) is 7.51. The average molecular weight is 388 g/mol. The van der Waals surface area contributed by atoms with Crippen LogP contribution in [-0.4, -0.2) is 19.7 Å². The van der Waals surface area contributed by atoms with Crippen molar-refractivity contribution in [2.24, 2.45) is 7.05 Å². The van der Waals surface area contributed by atoms with Gasteiger partial charge in [0.2, 0.25) is 0 Å². The lowest BCUT2D eigenvalue weighted by Gasteiger charge is -2.08. The molecule has 0 spiro atoms. The van der Waals surface area contributed by atoms with Crippen molar-refractivity contribution >= 4 is 50.2 Å². The average Bonchev–Trinajstić information content (AvgIpc) is 2.82. The van der Waals surface area contributed by atoms with Crippen LogP contribution in [0.5, 0.6) is 5.75 Å². The van der Waals surface area contributed by atoms with E-state index < -0.39 is 0 Å². The van der Waals surface area contributed by atoms with Crippen molar-refractivity contribution in [2.75, 3.05) is 0 Å². The van der Waals surface area contributed by atoms with Crippen molar-refractivity contribution in [3.8, 4) is 5.75 Å². The van der Waals surface area contributed by atoms with Crippen molar-refractivity contribution in [2.45, 2.75) is 6.61 Å². The normalized spacial score (nSPS) is 11.0. The van der Waals surface area contributed by atoms with Gasteiger partial charge in [-0.3, -0.25) is 4.68 Å². The number of benzene rings is 1. The molecule has 2 heterocycles. The highest BCUT2D eigenvalue weighted by atomic mass is 79.9. The summed E-state index contributed by atoms with van der Waals surface area (Å²) in [6.07, 6.45) is 1.63. The highest BCUT2D eigenvalue weighted by Gasteiger charge is 2.11. The predicted octanol–water partition coefficient (Wildman–Crippen LogP) is 4.01. The fraction of sp³-hybridized carbons (Fsp3) is 0.154. The molecule has 3 aromatic rings. The number of ether oxygens (including phenoxy) is 1. The first kappa shape index (κ1) is 14.6. The maximum absolute atomic E-state index is 6.12. The number of halogens is 3. The van der Waals surface area contributed by atoms with Gasteiger partial charge >= 0.3 is 0 Å². The second kappa shape index (κ2) is 5.79. The minimum absolute atomic E-state index is 0.164. The molecule has 0 bridgehead atoms. The number of hydrogen-bond donors (Lipinski definition) is 0. The van der Waals surface area contributed by atoms with E-state index in [1.165, 1.54) is 0 Å². The predicted molar refractivity (Wildman–Crippen MR) is 84.8 cm³/mol. The number of hydrogen-bond acceptors (Lipinski definition) is 4. The van der Waals surface area contributed by atoms with E-state index in [-0.39, 0.29) is 6.61 Å². The molecule has 0 aliphatic carbocycles. The third kappa shape index (κ3) is 2.97. The van der Waals surface area contributed by atoms with Crippen LogP contribution >= 0.6 is 39.1 Å². The lowest BCUT2D eigenvalue weighted by Crippen LogP contribution is -2.04. The van der Waals surface area contributed by atoms with Crippen LogP contribution in [0, 0.1) is 0 Å². The third-order valence-electron chi connectivity index (χ3n) is 2.84. The lowest BCUT2D eigenvalue weighted by molar-refractivity contribution is 0.296. The van der Waals surface area contributed by atoms with Gasteiger partial charge in [-0.25, -0.2) is 9.97 Å². The zero-order valence-electron chi connectivity index (χ0n) is 10.8. The zero-order valence-corrected chi connectivity index (χ0v) is 13.9. The number of aryl methyl sites for hydroxylation is 1. The molecule has 5 nitrogen and oxygen atoms in total. The summed E-state index contributed by atoms with van der Waals surface area (Å²) in [6, 6.07) is 5.37. The Morgan fingerprint density at radius 2 is 2.10 bits per heavy atom. The van der Waals surface area contributed by atoms with E-state index in [0.29, 0.717) is 32.8 Å². The molecule has 108 valence electrons. The molecule has 0 atom stereocenters. The summed E-state index contributed by atoms with van der Waals surface area (Å²) >= 11 is 15.6. The molecule has 0 unspecified atom stereocenters. The molecule has 0 aliphatic rings. The summed E-state index contributed by atoms with van der Waals surface area (Å²) in [6.45, 7) is 0.164. The highest BCUT2D eigenvalue weighted by molar-refractivity contribution is 9.10. The van der Waals surface area contributed by atoms with Gasteiger partial charge in [0.1, 0.15) is 17.5 Å². The lowest BCUT2D eigenvalue weighted by atomic mass is 10.3. The van der Waals surface area contributed by atoms with Crippen LogP contribution in [-0.2, 0) is 13.7 Å². The third-order valence-corrected chi connectivity index (χ3v) is 3.94. The van der Waals surface area contributed by atoms with Gasteiger partial charge in [-0.05, 0) is 18.2 Å². The maximum Gasteiger partial charge on any atom is 0.170 e. The Labute approximate surface area is 139 Å². The van der Waals surface area contributed by atoms with Gasteiger partial charge < -0.3 is 4.74 Å². The smallest absolute Gasteiger partial charge is 0.170 e. The molecule has 1 aromatic carbocycles. The Bertz CT molecular complexity index is 821. The molecule has 0 radical (unpaired) electrons. The quantitative estimate of drug-likeness (QED) is 0.637. The molecule has 0 fully saturated rings. The molecule has 0 saturated heterocycles. The Kier molecular flexibility index (Phi) is 4.01. The second-order valence-electron chi connectivity index (χ2n) is 4.30. The summed E-state index contributed by atoms with van der Waals surface area (Å²) in [7, 11) is 1.79. The number of rotatable bonds is 3. The minimum Gasteiger partial charge on any atom is -0.484 e. The van der Waals surface area contributed by atoms with Crippen molar-refractivity contribution in [1.29, 1.82) is 0 Å². The van der Waals surface area contributed by atoms with Crippen molar-refractivity contribution in [1.82, 2.24) is 19.7 Å². The van der Waals surface area contributed by atoms with Gasteiger partial charge in [-0.2, -0.15) is 5.10 Å². The Morgan fingerprint density at radius 1 is 1.29 bits per heavy atom. The largest absolute Gasteiger partial charge is 0.484 e. The monoisotopic (exact) mass is 386 g/mol. The van der Waals surface area contributed by atoms with Crippen LogP contribution in [0.1, 0.15) is 5.82 Å². The number of aromatic nitrogens is 4. The summed E-state index contributed by atoms with van der Waals surface area (Å²) < 4.78 is 8.16. The summed E-state index contributed by atoms with van der Waals surface area (Å²) in [5.41, 5.74) is 0.661. The molecule has 8 heteroatoms. The van der Waals surface area contributed by atoms with Gasteiger partial charge in [0.15, 0.2) is 11.5 Å². The van der Waals surface area contributed by atoms with E-state index in [9.17, 15) is 0 Å². The van der Waals surface area contributed by atoms with Crippen LogP contribution in [0.15, 0.2) is 28.9 Å². The molecule has 21 heavy (non-hydrogen) atoms. The maximum atomic E-state index is 6.12. The van der Waals surface area contributed by atoms with E-state index in [1.807, 2.05) is 6.07 Å². The standard InChI is InChI=1S/C13H9BrCl2N4O/c1-20-13-8(5-17-20)12(16)18-11(19-13)6-21-10-4-7(14)2-3-9(10)15/h2-5H,6H2,1H3. The number of nitrogens with zero attached hydrogens (tertiary/aromatic N) is 4. The summed E-state index contributed by atoms with van der Waals surface area (Å²) in [5, 5.41) is 5.69. The van der Waals surface area contributed by atoms with E-state index in [4.69, 9.17) is 27.9 Å². The first-order chi connectivity index (χ1) is 10.0. The molecule has 0 N–H and O–H groups in total. The Hall–Kier alpha value is -1.37.